The van der Waals surface area contributed by atoms with Crippen LogP contribution in [0.5, 0.6) is 0 Å². The fourth-order valence-corrected chi connectivity index (χ4v) is 2.45. The minimum absolute atomic E-state index is 0.119. The summed E-state index contributed by atoms with van der Waals surface area (Å²) in [6.07, 6.45) is 1.86. The van der Waals surface area contributed by atoms with Crippen LogP contribution in [0.3, 0.4) is 0 Å². The van der Waals surface area contributed by atoms with Crippen molar-refractivity contribution in [3.8, 4) is 10.6 Å². The summed E-state index contributed by atoms with van der Waals surface area (Å²) in [5, 5.41) is 1.92. The maximum atomic E-state index is 11.8. The van der Waals surface area contributed by atoms with Gasteiger partial charge in [-0.2, -0.15) is 0 Å². The van der Waals surface area contributed by atoms with E-state index >= 15 is 0 Å². The van der Waals surface area contributed by atoms with Crippen LogP contribution in [0, 0.1) is 0 Å². The summed E-state index contributed by atoms with van der Waals surface area (Å²) in [6.45, 7) is 0. The maximum absolute atomic E-state index is 11.8. The number of aromatic nitrogens is 2. The monoisotopic (exact) mass is 234 g/mol. The van der Waals surface area contributed by atoms with Crippen LogP contribution in [0.2, 0.25) is 0 Å². The molecule has 1 aliphatic carbocycles. The standard InChI is InChI=1S/C11H10N2O2S/c14-10-6-8(9-2-1-5-16-9)12-11(15)13(10)7-3-4-7/h1-2,5-7H,3-4H2,(H,12,15). The molecule has 1 N–H and O–H groups in total. The van der Waals surface area contributed by atoms with E-state index in [2.05, 4.69) is 4.98 Å². The van der Waals surface area contributed by atoms with Crippen LogP contribution >= 0.6 is 11.3 Å². The molecule has 82 valence electrons. The Morgan fingerprint density at radius 3 is 2.75 bits per heavy atom. The molecule has 1 saturated carbocycles. The summed E-state index contributed by atoms with van der Waals surface area (Å²) < 4.78 is 1.32. The molecule has 3 rings (SSSR count). The number of thiophene rings is 1. The summed E-state index contributed by atoms with van der Waals surface area (Å²) in [7, 11) is 0. The van der Waals surface area contributed by atoms with Gasteiger partial charge in [0.25, 0.3) is 5.56 Å². The Labute approximate surface area is 95.2 Å². The van der Waals surface area contributed by atoms with E-state index in [9.17, 15) is 9.59 Å². The van der Waals surface area contributed by atoms with Gasteiger partial charge in [0.05, 0.1) is 10.6 Å². The largest absolute Gasteiger partial charge is 0.329 e. The SMILES string of the molecule is O=c1cc(-c2cccs2)[nH]c(=O)n1C1CC1. The molecular formula is C11H10N2O2S. The predicted octanol–water partition coefficient (Wildman–Crippen LogP) is 1.60. The highest BCUT2D eigenvalue weighted by Crippen LogP contribution is 2.32. The first-order valence-corrected chi connectivity index (χ1v) is 6.03. The molecule has 2 heterocycles. The van der Waals surface area contributed by atoms with Crippen LogP contribution < -0.4 is 11.2 Å². The molecule has 0 unspecified atom stereocenters. The van der Waals surface area contributed by atoms with Crippen LogP contribution in [0.1, 0.15) is 18.9 Å². The Hall–Kier alpha value is -1.62. The molecule has 0 bridgehead atoms. The second kappa shape index (κ2) is 3.45. The molecule has 0 aromatic carbocycles. The lowest BCUT2D eigenvalue weighted by Gasteiger charge is -2.03. The normalized spacial score (nSPS) is 15.2. The fourth-order valence-electron chi connectivity index (χ4n) is 1.75. The van der Waals surface area contributed by atoms with Gasteiger partial charge in [-0.05, 0) is 24.3 Å². The molecule has 0 radical (unpaired) electrons. The van der Waals surface area contributed by atoms with E-state index in [0.717, 1.165) is 17.7 Å². The molecule has 2 aromatic rings. The van der Waals surface area contributed by atoms with E-state index < -0.39 is 0 Å². The Balaban J connectivity index is 2.17. The van der Waals surface area contributed by atoms with Crippen molar-refractivity contribution in [3.05, 3.63) is 44.4 Å². The summed E-state index contributed by atoms with van der Waals surface area (Å²) >= 11 is 1.51. The zero-order valence-corrected chi connectivity index (χ0v) is 9.29. The summed E-state index contributed by atoms with van der Waals surface area (Å²) in [5.74, 6) is 0. The van der Waals surface area contributed by atoms with Crippen molar-refractivity contribution >= 4 is 11.3 Å². The van der Waals surface area contributed by atoms with Crippen LogP contribution in [0.4, 0.5) is 0 Å². The third kappa shape index (κ3) is 1.53. The lowest BCUT2D eigenvalue weighted by Crippen LogP contribution is -2.34. The van der Waals surface area contributed by atoms with Crippen molar-refractivity contribution < 1.29 is 0 Å². The number of nitrogens with zero attached hydrogens (tertiary/aromatic N) is 1. The third-order valence-corrected chi connectivity index (χ3v) is 3.57. The van der Waals surface area contributed by atoms with E-state index in [1.54, 1.807) is 0 Å². The van der Waals surface area contributed by atoms with Gasteiger partial charge >= 0.3 is 5.69 Å². The molecule has 1 fully saturated rings. The summed E-state index contributed by atoms with van der Waals surface area (Å²) in [4.78, 5) is 27.2. The summed E-state index contributed by atoms with van der Waals surface area (Å²) in [6, 6.07) is 5.40. The highest BCUT2D eigenvalue weighted by molar-refractivity contribution is 7.13. The molecule has 0 spiro atoms. The van der Waals surface area contributed by atoms with Crippen LogP contribution in [-0.2, 0) is 0 Å². The van der Waals surface area contributed by atoms with Gasteiger partial charge in [-0.1, -0.05) is 6.07 Å². The van der Waals surface area contributed by atoms with Crippen molar-refractivity contribution in [1.29, 1.82) is 0 Å². The smallest absolute Gasteiger partial charge is 0.306 e. The van der Waals surface area contributed by atoms with Crippen LogP contribution in [0.25, 0.3) is 10.6 Å². The second-order valence-corrected chi connectivity index (χ2v) is 4.85. The molecule has 5 heteroatoms. The first kappa shape index (κ1) is 9.59. The first-order chi connectivity index (χ1) is 7.75. The average Bonchev–Trinajstić information content (AvgIpc) is 2.92. The quantitative estimate of drug-likeness (QED) is 0.858. The van der Waals surface area contributed by atoms with Crippen molar-refractivity contribution in [2.24, 2.45) is 0 Å². The van der Waals surface area contributed by atoms with Gasteiger partial charge in [-0.3, -0.25) is 9.36 Å². The van der Waals surface area contributed by atoms with Gasteiger partial charge in [0.2, 0.25) is 0 Å². The number of nitrogens with one attached hydrogen (secondary N) is 1. The molecule has 16 heavy (non-hydrogen) atoms. The lowest BCUT2D eigenvalue weighted by molar-refractivity contribution is 0.657. The number of hydrogen-bond acceptors (Lipinski definition) is 3. The van der Waals surface area contributed by atoms with E-state index in [1.165, 1.54) is 22.0 Å². The van der Waals surface area contributed by atoms with E-state index in [1.807, 2.05) is 17.5 Å². The van der Waals surface area contributed by atoms with Crippen LogP contribution in [0.15, 0.2) is 33.2 Å². The first-order valence-electron chi connectivity index (χ1n) is 5.15. The van der Waals surface area contributed by atoms with Gasteiger partial charge in [0.15, 0.2) is 0 Å². The highest BCUT2D eigenvalue weighted by atomic mass is 32.1. The van der Waals surface area contributed by atoms with E-state index in [-0.39, 0.29) is 17.3 Å². The van der Waals surface area contributed by atoms with Gasteiger partial charge in [-0.15, -0.1) is 11.3 Å². The molecule has 0 saturated heterocycles. The minimum atomic E-state index is -0.293. The summed E-state index contributed by atoms with van der Waals surface area (Å²) in [5.41, 5.74) is 0.120. The molecule has 0 aliphatic heterocycles. The average molecular weight is 234 g/mol. The van der Waals surface area contributed by atoms with Crippen LogP contribution in [-0.4, -0.2) is 9.55 Å². The Kier molecular flexibility index (Phi) is 2.07. The fraction of sp³-hybridized carbons (Fsp3) is 0.273. The zero-order valence-electron chi connectivity index (χ0n) is 8.47. The number of rotatable bonds is 2. The van der Waals surface area contributed by atoms with Gasteiger partial charge in [0.1, 0.15) is 0 Å². The van der Waals surface area contributed by atoms with Crippen molar-refractivity contribution in [2.75, 3.05) is 0 Å². The van der Waals surface area contributed by atoms with Crippen molar-refractivity contribution in [1.82, 2.24) is 9.55 Å². The molecular weight excluding hydrogens is 224 g/mol. The minimum Gasteiger partial charge on any atom is -0.306 e. The van der Waals surface area contributed by atoms with E-state index in [0.29, 0.717) is 5.69 Å². The number of aromatic amines is 1. The Bertz CT molecular complexity index is 589. The number of H-pyrrole nitrogens is 1. The topological polar surface area (TPSA) is 54.9 Å². The molecule has 1 aliphatic rings. The Morgan fingerprint density at radius 1 is 1.38 bits per heavy atom. The Morgan fingerprint density at radius 2 is 2.19 bits per heavy atom. The zero-order chi connectivity index (χ0) is 11.1. The van der Waals surface area contributed by atoms with Crippen molar-refractivity contribution in [2.45, 2.75) is 18.9 Å². The van der Waals surface area contributed by atoms with Crippen molar-refractivity contribution in [3.63, 3.8) is 0 Å². The highest BCUT2D eigenvalue weighted by Gasteiger charge is 2.26. The van der Waals surface area contributed by atoms with Gasteiger partial charge in [-0.25, -0.2) is 4.79 Å². The maximum Gasteiger partial charge on any atom is 0.329 e. The second-order valence-electron chi connectivity index (χ2n) is 3.90. The number of hydrogen-bond donors (Lipinski definition) is 1. The van der Waals surface area contributed by atoms with Gasteiger partial charge in [0, 0.05) is 12.1 Å². The predicted molar refractivity (Wildman–Crippen MR) is 62.9 cm³/mol. The van der Waals surface area contributed by atoms with Gasteiger partial charge < -0.3 is 4.98 Å². The molecule has 0 amide bonds. The molecule has 4 nitrogen and oxygen atoms in total. The lowest BCUT2D eigenvalue weighted by atomic mass is 10.3. The third-order valence-electron chi connectivity index (χ3n) is 2.66. The molecule has 2 aromatic heterocycles. The van der Waals surface area contributed by atoms with E-state index in [4.69, 9.17) is 0 Å². The molecule has 0 atom stereocenters.